The van der Waals surface area contributed by atoms with Crippen molar-refractivity contribution in [1.82, 2.24) is 10.2 Å². The number of amides is 1. The van der Waals surface area contributed by atoms with Gasteiger partial charge in [-0.3, -0.25) is 9.69 Å². The van der Waals surface area contributed by atoms with Crippen molar-refractivity contribution < 1.29 is 9.53 Å². The maximum atomic E-state index is 12.3. The number of nitrogens with zero attached hydrogens (tertiary/aromatic N) is 1. The van der Waals surface area contributed by atoms with Gasteiger partial charge in [-0.25, -0.2) is 0 Å². The van der Waals surface area contributed by atoms with E-state index in [0.29, 0.717) is 18.6 Å². The molecule has 1 aliphatic heterocycles. The van der Waals surface area contributed by atoms with E-state index in [0.717, 1.165) is 47.6 Å². The number of likely N-dealkylation sites (tertiary alicyclic amines) is 1. The lowest BCUT2D eigenvalue weighted by Gasteiger charge is -2.32. The molecule has 2 N–H and O–H groups in total. The van der Waals surface area contributed by atoms with Gasteiger partial charge < -0.3 is 15.4 Å². The van der Waals surface area contributed by atoms with Gasteiger partial charge in [-0.2, -0.15) is 0 Å². The minimum Gasteiger partial charge on any atom is -0.457 e. The summed E-state index contributed by atoms with van der Waals surface area (Å²) in [5, 5.41) is 6.55. The molecule has 3 rings (SSSR count). The van der Waals surface area contributed by atoms with Gasteiger partial charge in [0, 0.05) is 35.3 Å². The average molecular weight is 446 g/mol. The molecule has 0 aliphatic carbocycles. The molecule has 1 fully saturated rings. The minimum absolute atomic E-state index is 0.0249. The second kappa shape index (κ2) is 10.0. The van der Waals surface area contributed by atoms with Gasteiger partial charge in [0.25, 0.3) is 0 Å². The van der Waals surface area contributed by atoms with Crippen LogP contribution in [-0.4, -0.2) is 42.5 Å². The molecule has 2 aromatic carbocycles. The van der Waals surface area contributed by atoms with Crippen molar-refractivity contribution in [2.45, 2.75) is 38.8 Å². The Morgan fingerprint density at radius 3 is 2.21 bits per heavy atom. The molecule has 0 atom stereocenters. The van der Waals surface area contributed by atoms with Gasteiger partial charge in [0.15, 0.2) is 0 Å². The Kier molecular flexibility index (Phi) is 7.48. The maximum absolute atomic E-state index is 12.3. The topological polar surface area (TPSA) is 53.6 Å². The van der Waals surface area contributed by atoms with Gasteiger partial charge in [0.05, 0.1) is 6.54 Å². The summed E-state index contributed by atoms with van der Waals surface area (Å²) in [6.45, 7) is 6.70. The summed E-state index contributed by atoms with van der Waals surface area (Å²) in [6.07, 6.45) is 2.18. The third kappa shape index (κ3) is 6.62. The number of rotatable bonds is 7. The number of piperidine rings is 1. The molecule has 0 bridgehead atoms. The third-order valence-corrected chi connectivity index (χ3v) is 5.24. The second-order valence-corrected chi connectivity index (χ2v) is 8.42. The van der Waals surface area contributed by atoms with E-state index in [1.54, 1.807) is 0 Å². The fraction of sp³-hybridized carbons (Fsp3) is 0.409. The molecule has 0 radical (unpaired) electrons. The van der Waals surface area contributed by atoms with Gasteiger partial charge in [-0.05, 0) is 61.4 Å². The number of anilines is 1. The summed E-state index contributed by atoms with van der Waals surface area (Å²) in [4.78, 5) is 14.6. The van der Waals surface area contributed by atoms with Crippen molar-refractivity contribution in [2.24, 2.45) is 0 Å². The zero-order chi connectivity index (χ0) is 19.9. The molecule has 0 aromatic heterocycles. The fourth-order valence-electron chi connectivity index (χ4n) is 3.38. The molecular formula is C22H28BrN3O2. The van der Waals surface area contributed by atoms with Gasteiger partial charge in [0.2, 0.25) is 5.91 Å². The van der Waals surface area contributed by atoms with Crippen LogP contribution in [0.25, 0.3) is 0 Å². The predicted molar refractivity (Wildman–Crippen MR) is 117 cm³/mol. The molecule has 6 heteroatoms. The smallest absolute Gasteiger partial charge is 0.238 e. The highest BCUT2D eigenvalue weighted by atomic mass is 79.9. The number of hydrogen-bond donors (Lipinski definition) is 2. The zero-order valence-electron chi connectivity index (χ0n) is 16.5. The maximum Gasteiger partial charge on any atom is 0.238 e. The average Bonchev–Trinajstić information content (AvgIpc) is 2.66. The quantitative estimate of drug-likeness (QED) is 0.651. The van der Waals surface area contributed by atoms with Gasteiger partial charge in [-0.15, -0.1) is 0 Å². The van der Waals surface area contributed by atoms with Crippen LogP contribution in [0, 0.1) is 0 Å². The molecular weight excluding hydrogens is 418 g/mol. The van der Waals surface area contributed by atoms with Crippen molar-refractivity contribution in [3.63, 3.8) is 0 Å². The molecule has 0 unspecified atom stereocenters. The van der Waals surface area contributed by atoms with E-state index in [9.17, 15) is 4.79 Å². The number of nitrogens with one attached hydrogen (secondary N) is 2. The lowest BCUT2D eigenvalue weighted by atomic mass is 10.0. The number of ether oxygens (including phenoxy) is 1. The monoisotopic (exact) mass is 445 g/mol. The van der Waals surface area contributed by atoms with E-state index in [2.05, 4.69) is 45.3 Å². The van der Waals surface area contributed by atoms with E-state index in [1.807, 2.05) is 48.5 Å². The molecule has 1 saturated heterocycles. The highest BCUT2D eigenvalue weighted by Crippen LogP contribution is 2.24. The first-order valence-corrected chi connectivity index (χ1v) is 10.6. The number of carbonyl (C=O) groups is 1. The molecule has 1 aliphatic rings. The lowest BCUT2D eigenvalue weighted by Crippen LogP contribution is -2.46. The Labute approximate surface area is 175 Å². The van der Waals surface area contributed by atoms with Crippen molar-refractivity contribution >= 4 is 27.5 Å². The molecule has 150 valence electrons. The molecule has 0 saturated carbocycles. The molecule has 1 heterocycles. The van der Waals surface area contributed by atoms with Gasteiger partial charge >= 0.3 is 0 Å². The first-order chi connectivity index (χ1) is 13.5. The van der Waals surface area contributed by atoms with Gasteiger partial charge in [-0.1, -0.05) is 29.8 Å². The Bertz CT molecular complexity index is 754. The molecule has 5 nitrogen and oxygen atoms in total. The van der Waals surface area contributed by atoms with Gasteiger partial charge in [0.1, 0.15) is 11.5 Å². The van der Waals surface area contributed by atoms with Crippen LogP contribution in [0.4, 0.5) is 5.69 Å². The normalized spacial score (nSPS) is 15.6. The highest BCUT2D eigenvalue weighted by Gasteiger charge is 2.21. The summed E-state index contributed by atoms with van der Waals surface area (Å²) >= 11 is 3.41. The van der Waals surface area contributed by atoms with E-state index < -0.39 is 0 Å². The fourth-order valence-corrected chi connectivity index (χ4v) is 3.64. The molecule has 28 heavy (non-hydrogen) atoms. The van der Waals surface area contributed by atoms with Crippen LogP contribution in [0.5, 0.6) is 11.5 Å². The summed E-state index contributed by atoms with van der Waals surface area (Å²) < 4.78 is 6.82. The Hall–Kier alpha value is -1.89. The van der Waals surface area contributed by atoms with Crippen LogP contribution in [0.2, 0.25) is 0 Å². The van der Waals surface area contributed by atoms with E-state index in [-0.39, 0.29) is 5.91 Å². The predicted octanol–water partition coefficient (Wildman–Crippen LogP) is 4.64. The number of benzene rings is 2. The molecule has 1 amide bonds. The Morgan fingerprint density at radius 1 is 1.07 bits per heavy atom. The van der Waals surface area contributed by atoms with Crippen molar-refractivity contribution in [3.05, 3.63) is 53.0 Å². The summed E-state index contributed by atoms with van der Waals surface area (Å²) in [5.41, 5.74) is 0.782. The van der Waals surface area contributed by atoms with Crippen LogP contribution in [0.3, 0.4) is 0 Å². The second-order valence-electron chi connectivity index (χ2n) is 7.50. The SMILES string of the molecule is CC(C)NC1CCN(CC(=O)Nc2ccc(Oc3ccc(Br)cc3)cc2)CC1. The van der Waals surface area contributed by atoms with E-state index in [1.165, 1.54) is 0 Å². The van der Waals surface area contributed by atoms with Crippen LogP contribution in [0.15, 0.2) is 53.0 Å². The summed E-state index contributed by atoms with van der Waals surface area (Å²) in [7, 11) is 0. The Morgan fingerprint density at radius 2 is 1.64 bits per heavy atom. The van der Waals surface area contributed by atoms with Crippen molar-refractivity contribution in [2.75, 3.05) is 25.0 Å². The Balaban J connectivity index is 1.44. The largest absolute Gasteiger partial charge is 0.457 e. The standard InChI is InChI=1S/C22H28BrN3O2/c1-16(2)24-19-11-13-26(14-12-19)15-22(27)25-18-5-9-21(10-6-18)28-20-7-3-17(23)4-8-20/h3-10,16,19,24H,11-15H2,1-2H3,(H,25,27). The minimum atomic E-state index is 0.0249. The highest BCUT2D eigenvalue weighted by molar-refractivity contribution is 9.10. The van der Waals surface area contributed by atoms with Crippen LogP contribution in [-0.2, 0) is 4.79 Å². The molecule has 0 spiro atoms. The van der Waals surface area contributed by atoms with Crippen LogP contribution >= 0.6 is 15.9 Å². The summed E-state index contributed by atoms with van der Waals surface area (Å²) in [5.74, 6) is 1.53. The lowest BCUT2D eigenvalue weighted by molar-refractivity contribution is -0.117. The van der Waals surface area contributed by atoms with E-state index >= 15 is 0 Å². The van der Waals surface area contributed by atoms with Crippen molar-refractivity contribution in [3.8, 4) is 11.5 Å². The first-order valence-electron chi connectivity index (χ1n) is 9.79. The van der Waals surface area contributed by atoms with Crippen LogP contribution < -0.4 is 15.4 Å². The number of halogens is 1. The number of hydrogen-bond acceptors (Lipinski definition) is 4. The zero-order valence-corrected chi connectivity index (χ0v) is 18.0. The third-order valence-electron chi connectivity index (χ3n) is 4.71. The van der Waals surface area contributed by atoms with Crippen molar-refractivity contribution in [1.29, 1.82) is 0 Å². The first kappa shape index (κ1) is 20.8. The van der Waals surface area contributed by atoms with E-state index in [4.69, 9.17) is 4.74 Å². The number of carbonyl (C=O) groups excluding carboxylic acids is 1. The summed E-state index contributed by atoms with van der Waals surface area (Å²) in [6, 6.07) is 16.2. The van der Waals surface area contributed by atoms with Crippen LogP contribution in [0.1, 0.15) is 26.7 Å². The molecule has 2 aromatic rings.